The first-order chi connectivity index (χ1) is 12.2. The Labute approximate surface area is 144 Å². The summed E-state index contributed by atoms with van der Waals surface area (Å²) in [5.41, 5.74) is 10.4. The number of aromatic nitrogens is 3. The van der Waals surface area contributed by atoms with Crippen molar-refractivity contribution in [2.24, 2.45) is 0 Å². The topological polar surface area (TPSA) is 88.5 Å². The molecule has 0 saturated carbocycles. The number of anilines is 1. The summed E-state index contributed by atoms with van der Waals surface area (Å²) < 4.78 is 0. The molecule has 2 aromatic carbocycles. The van der Waals surface area contributed by atoms with Crippen molar-refractivity contribution in [2.45, 2.75) is 0 Å². The van der Waals surface area contributed by atoms with E-state index in [1.165, 1.54) is 0 Å². The summed E-state index contributed by atoms with van der Waals surface area (Å²) in [6, 6.07) is 19.3. The molecule has 0 atom stereocenters. The Hall–Kier alpha value is -3.78. The molecule has 0 aliphatic heterocycles. The normalized spacial score (nSPS) is 10.5. The molecule has 0 amide bonds. The Bertz CT molecular complexity index is 1130. The van der Waals surface area contributed by atoms with Crippen LogP contribution in [-0.4, -0.2) is 15.0 Å². The van der Waals surface area contributed by atoms with E-state index in [4.69, 9.17) is 11.0 Å². The molecule has 0 aliphatic carbocycles. The Morgan fingerprint density at radius 1 is 0.880 bits per heavy atom. The maximum atomic E-state index is 9.15. The van der Waals surface area contributed by atoms with Crippen molar-refractivity contribution < 1.29 is 0 Å². The van der Waals surface area contributed by atoms with Crippen molar-refractivity contribution in [2.75, 3.05) is 5.73 Å². The molecule has 25 heavy (non-hydrogen) atoms. The zero-order chi connectivity index (χ0) is 17.2. The highest BCUT2D eigenvalue weighted by Crippen LogP contribution is 2.31. The maximum Gasteiger partial charge on any atom is 0.142 e. The van der Waals surface area contributed by atoms with E-state index in [0.717, 1.165) is 27.7 Å². The lowest BCUT2D eigenvalue weighted by Crippen LogP contribution is -1.98. The number of nitrogen functional groups attached to an aromatic ring is 1. The first-order valence-electron chi connectivity index (χ1n) is 7.73. The standard InChI is InChI=1S/C20H13N5/c21-11-13-3-1-4-15(9-13)20-19(24-12-18(22)25-20)16-6-7-17-14(10-16)5-2-8-23-17/h1-10,12H,(H2,22,25). The number of pyridine rings is 1. The molecule has 5 nitrogen and oxygen atoms in total. The van der Waals surface area contributed by atoms with Gasteiger partial charge in [0.15, 0.2) is 0 Å². The van der Waals surface area contributed by atoms with Gasteiger partial charge in [-0.05, 0) is 30.3 Å². The average Bonchev–Trinajstić information content (AvgIpc) is 2.67. The maximum absolute atomic E-state index is 9.15. The van der Waals surface area contributed by atoms with Gasteiger partial charge in [-0.15, -0.1) is 0 Å². The zero-order valence-corrected chi connectivity index (χ0v) is 13.2. The lowest BCUT2D eigenvalue weighted by molar-refractivity contribution is 1.22. The summed E-state index contributed by atoms with van der Waals surface area (Å²) in [5, 5.41) is 10.2. The highest BCUT2D eigenvalue weighted by atomic mass is 14.9. The minimum Gasteiger partial charge on any atom is -0.382 e. The van der Waals surface area contributed by atoms with Crippen LogP contribution in [0.1, 0.15) is 5.56 Å². The molecule has 0 spiro atoms. The zero-order valence-electron chi connectivity index (χ0n) is 13.2. The third kappa shape index (κ3) is 2.77. The van der Waals surface area contributed by atoms with Gasteiger partial charge in [0.1, 0.15) is 5.82 Å². The number of rotatable bonds is 2. The van der Waals surface area contributed by atoms with Gasteiger partial charge in [-0.3, -0.25) is 9.97 Å². The third-order valence-corrected chi connectivity index (χ3v) is 3.93. The summed E-state index contributed by atoms with van der Waals surface area (Å²) in [6.07, 6.45) is 3.31. The highest BCUT2D eigenvalue weighted by molar-refractivity contribution is 5.87. The molecule has 0 aliphatic rings. The summed E-state index contributed by atoms with van der Waals surface area (Å²) in [7, 11) is 0. The van der Waals surface area contributed by atoms with Crippen LogP contribution in [-0.2, 0) is 0 Å². The fourth-order valence-electron chi connectivity index (χ4n) is 2.77. The number of fused-ring (bicyclic) bond motifs is 1. The van der Waals surface area contributed by atoms with E-state index in [1.54, 1.807) is 24.5 Å². The van der Waals surface area contributed by atoms with Gasteiger partial charge in [-0.25, -0.2) is 4.98 Å². The number of hydrogen-bond donors (Lipinski definition) is 1. The highest BCUT2D eigenvalue weighted by Gasteiger charge is 2.13. The van der Waals surface area contributed by atoms with Gasteiger partial charge < -0.3 is 5.73 Å². The van der Waals surface area contributed by atoms with Crippen LogP contribution < -0.4 is 5.73 Å². The molecule has 2 heterocycles. The second kappa shape index (κ2) is 6.02. The molecule has 0 fully saturated rings. The molecule has 2 aromatic heterocycles. The van der Waals surface area contributed by atoms with E-state index in [2.05, 4.69) is 21.0 Å². The van der Waals surface area contributed by atoms with Crippen LogP contribution >= 0.6 is 0 Å². The summed E-state index contributed by atoms with van der Waals surface area (Å²) in [4.78, 5) is 13.3. The van der Waals surface area contributed by atoms with Crippen molar-refractivity contribution in [3.63, 3.8) is 0 Å². The minimum atomic E-state index is 0.337. The average molecular weight is 323 g/mol. The number of nitriles is 1. The monoisotopic (exact) mass is 323 g/mol. The second-order valence-electron chi connectivity index (χ2n) is 5.60. The molecule has 4 rings (SSSR count). The Kier molecular flexibility index (Phi) is 3.56. The molecule has 0 saturated heterocycles. The van der Waals surface area contributed by atoms with Gasteiger partial charge in [0, 0.05) is 22.7 Å². The van der Waals surface area contributed by atoms with E-state index in [1.807, 2.05) is 42.5 Å². The third-order valence-electron chi connectivity index (χ3n) is 3.93. The van der Waals surface area contributed by atoms with Crippen molar-refractivity contribution in [1.29, 1.82) is 5.26 Å². The van der Waals surface area contributed by atoms with Crippen LogP contribution in [0.15, 0.2) is 67.0 Å². The van der Waals surface area contributed by atoms with E-state index in [-0.39, 0.29) is 0 Å². The largest absolute Gasteiger partial charge is 0.382 e. The van der Waals surface area contributed by atoms with Gasteiger partial charge in [-0.1, -0.05) is 24.3 Å². The van der Waals surface area contributed by atoms with Crippen molar-refractivity contribution in [3.8, 4) is 28.6 Å². The van der Waals surface area contributed by atoms with Crippen molar-refractivity contribution in [3.05, 3.63) is 72.6 Å². The lowest BCUT2D eigenvalue weighted by atomic mass is 10.0. The number of nitrogens with two attached hydrogens (primary N) is 1. The summed E-state index contributed by atoms with van der Waals surface area (Å²) in [5.74, 6) is 0.337. The van der Waals surface area contributed by atoms with Gasteiger partial charge in [0.25, 0.3) is 0 Å². The first kappa shape index (κ1) is 14.8. The van der Waals surface area contributed by atoms with Gasteiger partial charge in [0.05, 0.1) is 34.7 Å². The predicted molar refractivity (Wildman–Crippen MR) is 97.3 cm³/mol. The minimum absolute atomic E-state index is 0.337. The second-order valence-corrected chi connectivity index (χ2v) is 5.60. The molecule has 2 N–H and O–H groups in total. The summed E-state index contributed by atoms with van der Waals surface area (Å²) >= 11 is 0. The first-order valence-corrected chi connectivity index (χ1v) is 7.73. The molecular weight excluding hydrogens is 310 g/mol. The fraction of sp³-hybridized carbons (Fsp3) is 0. The van der Waals surface area contributed by atoms with Crippen molar-refractivity contribution in [1.82, 2.24) is 15.0 Å². The number of benzene rings is 2. The Morgan fingerprint density at radius 3 is 2.64 bits per heavy atom. The number of nitrogens with zero attached hydrogens (tertiary/aromatic N) is 4. The Balaban J connectivity index is 1.93. The van der Waals surface area contributed by atoms with E-state index in [9.17, 15) is 0 Å². The van der Waals surface area contributed by atoms with E-state index in [0.29, 0.717) is 17.1 Å². The molecule has 0 radical (unpaired) electrons. The van der Waals surface area contributed by atoms with E-state index < -0.39 is 0 Å². The fourth-order valence-corrected chi connectivity index (χ4v) is 2.77. The summed E-state index contributed by atoms with van der Waals surface area (Å²) in [6.45, 7) is 0. The van der Waals surface area contributed by atoms with Crippen LogP contribution in [0.3, 0.4) is 0 Å². The van der Waals surface area contributed by atoms with Gasteiger partial charge in [-0.2, -0.15) is 5.26 Å². The Morgan fingerprint density at radius 2 is 1.76 bits per heavy atom. The molecular formula is C20H13N5. The van der Waals surface area contributed by atoms with Crippen LogP contribution in [0.5, 0.6) is 0 Å². The van der Waals surface area contributed by atoms with Gasteiger partial charge in [0.2, 0.25) is 0 Å². The van der Waals surface area contributed by atoms with Gasteiger partial charge >= 0.3 is 0 Å². The lowest BCUT2D eigenvalue weighted by Gasteiger charge is -2.10. The number of hydrogen-bond acceptors (Lipinski definition) is 5. The molecule has 0 bridgehead atoms. The predicted octanol–water partition coefficient (Wildman–Crippen LogP) is 3.81. The smallest absolute Gasteiger partial charge is 0.142 e. The quantitative estimate of drug-likeness (QED) is 0.606. The molecule has 0 unspecified atom stereocenters. The molecule has 5 heteroatoms. The van der Waals surface area contributed by atoms with Crippen LogP contribution in [0.4, 0.5) is 5.82 Å². The molecule has 118 valence electrons. The SMILES string of the molecule is N#Cc1cccc(-c2nc(N)cnc2-c2ccc3ncccc3c2)c1. The van der Waals surface area contributed by atoms with Crippen LogP contribution in [0.2, 0.25) is 0 Å². The van der Waals surface area contributed by atoms with Crippen molar-refractivity contribution >= 4 is 16.7 Å². The molecule has 4 aromatic rings. The van der Waals surface area contributed by atoms with E-state index >= 15 is 0 Å². The van der Waals surface area contributed by atoms with Crippen LogP contribution in [0.25, 0.3) is 33.4 Å². The van der Waals surface area contributed by atoms with Crippen LogP contribution in [0, 0.1) is 11.3 Å².